The Kier molecular flexibility index (Phi) is 7.53. The summed E-state index contributed by atoms with van der Waals surface area (Å²) in [6.45, 7) is 0. The molecule has 7 aromatic carbocycles. The van der Waals surface area contributed by atoms with Crippen molar-refractivity contribution in [1.82, 2.24) is 14.1 Å². The van der Waals surface area contributed by atoms with Crippen molar-refractivity contribution in [3.8, 4) is 63.0 Å². The van der Waals surface area contributed by atoms with Crippen molar-refractivity contribution in [2.45, 2.75) is 0 Å². The first-order valence-corrected chi connectivity index (χ1v) is 18.2. The molecule has 56 heavy (non-hydrogen) atoms. The lowest BCUT2D eigenvalue weighted by Crippen LogP contribution is -2.02. The van der Waals surface area contributed by atoms with Gasteiger partial charge in [-0.05, 0) is 101 Å². The maximum Gasteiger partial charge on any atom is 0.0992 e. The van der Waals surface area contributed by atoms with Crippen LogP contribution in [0.5, 0.6) is 0 Å². The highest BCUT2D eigenvalue weighted by atomic mass is 15.0. The van der Waals surface area contributed by atoms with E-state index in [0.717, 1.165) is 88.4 Å². The second kappa shape index (κ2) is 13.0. The highest BCUT2D eigenvalue weighted by molar-refractivity contribution is 6.12. The monoisotopic (exact) mass is 712 g/mol. The fourth-order valence-corrected chi connectivity index (χ4v) is 8.10. The Balaban J connectivity index is 1.20. The molecule has 0 N–H and O–H groups in total. The first-order valence-electron chi connectivity index (χ1n) is 18.2. The molecule has 0 unspecified atom stereocenters. The molecule has 6 heteroatoms. The Bertz CT molecular complexity index is 3330. The Morgan fingerprint density at radius 3 is 1.38 bits per heavy atom. The molecule has 6 nitrogen and oxygen atoms in total. The zero-order chi connectivity index (χ0) is 37.8. The topological polar surface area (TPSA) is 94.1 Å². The molecule has 0 fully saturated rings. The molecule has 0 radical (unpaired) electrons. The number of benzene rings is 7. The van der Waals surface area contributed by atoms with Crippen molar-refractivity contribution in [3.63, 3.8) is 0 Å². The number of pyridine rings is 1. The summed E-state index contributed by atoms with van der Waals surface area (Å²) in [6.07, 6.45) is 3.75. The summed E-state index contributed by atoms with van der Waals surface area (Å²) in [7, 11) is 0. The van der Waals surface area contributed by atoms with E-state index in [4.69, 9.17) is 0 Å². The van der Waals surface area contributed by atoms with E-state index in [1.807, 2.05) is 85.2 Å². The van der Waals surface area contributed by atoms with Crippen LogP contribution in [0.3, 0.4) is 0 Å². The molecule has 0 aliphatic heterocycles. The van der Waals surface area contributed by atoms with Gasteiger partial charge < -0.3 is 9.13 Å². The fourth-order valence-electron chi connectivity index (χ4n) is 8.10. The summed E-state index contributed by atoms with van der Waals surface area (Å²) in [5.41, 5.74) is 13.9. The third-order valence-corrected chi connectivity index (χ3v) is 10.7. The average molecular weight is 713 g/mol. The van der Waals surface area contributed by atoms with Crippen LogP contribution in [0.25, 0.3) is 88.4 Å². The predicted octanol–water partition coefficient (Wildman–Crippen LogP) is 11.9. The van der Waals surface area contributed by atoms with Gasteiger partial charge in [-0.3, -0.25) is 4.98 Å². The summed E-state index contributed by atoms with van der Waals surface area (Å²) in [6, 6.07) is 60.0. The zero-order valence-corrected chi connectivity index (χ0v) is 29.8. The van der Waals surface area contributed by atoms with E-state index in [2.05, 4.69) is 117 Å². The van der Waals surface area contributed by atoms with E-state index in [1.54, 1.807) is 0 Å². The van der Waals surface area contributed by atoms with Crippen LogP contribution in [0.1, 0.15) is 16.7 Å². The molecule has 258 valence electrons. The molecule has 0 atom stereocenters. The second-order valence-corrected chi connectivity index (χ2v) is 13.8. The number of aromatic nitrogens is 3. The van der Waals surface area contributed by atoms with Crippen LogP contribution in [0.2, 0.25) is 0 Å². The molecular formula is C50H28N6. The standard InChI is InChI=1S/C50H28N6/c51-28-32-9-14-35(15-10-32)37-18-21-47-42(26-37)39-5-1-3-7-45(39)55(47)49-23-24-54-31-44(49)41-20-13-34(30-53)25-50(41)56-46-8-4-2-6-40(46)43-27-38(19-22-48(43)56)36-16-11-33(29-52)12-17-36/h1-27,31H. The zero-order valence-electron chi connectivity index (χ0n) is 29.8. The van der Waals surface area contributed by atoms with Gasteiger partial charge in [-0.1, -0.05) is 78.9 Å². The van der Waals surface area contributed by atoms with E-state index in [0.29, 0.717) is 16.7 Å². The normalized spacial score (nSPS) is 11.2. The molecule has 0 spiro atoms. The maximum atomic E-state index is 10.2. The number of nitriles is 3. The number of hydrogen-bond acceptors (Lipinski definition) is 4. The molecule has 0 bridgehead atoms. The lowest BCUT2D eigenvalue weighted by atomic mass is 10.00. The third kappa shape index (κ3) is 5.12. The van der Waals surface area contributed by atoms with Crippen LogP contribution in [-0.4, -0.2) is 14.1 Å². The van der Waals surface area contributed by atoms with Crippen LogP contribution in [0.15, 0.2) is 170 Å². The Morgan fingerprint density at radius 2 is 0.839 bits per heavy atom. The van der Waals surface area contributed by atoms with Crippen molar-refractivity contribution in [1.29, 1.82) is 15.8 Å². The number of rotatable bonds is 5. The van der Waals surface area contributed by atoms with E-state index < -0.39 is 0 Å². The second-order valence-electron chi connectivity index (χ2n) is 13.8. The van der Waals surface area contributed by atoms with Crippen molar-refractivity contribution < 1.29 is 0 Å². The lowest BCUT2D eigenvalue weighted by molar-refractivity contribution is 1.14. The van der Waals surface area contributed by atoms with Crippen molar-refractivity contribution >= 4 is 43.6 Å². The molecule has 0 aliphatic carbocycles. The SMILES string of the molecule is N#Cc1ccc(-c2ccc3c(c2)c2ccccc2n3-c2ccncc2-c2ccc(C#N)cc2-n2c3ccccc3c3cc(-c4ccc(C#N)cc4)ccc32)cc1. The Hall–Kier alpha value is -8.24. The number of hydrogen-bond donors (Lipinski definition) is 0. The first kappa shape index (κ1) is 32.4. The lowest BCUT2D eigenvalue weighted by Gasteiger charge is -2.18. The molecule has 0 saturated heterocycles. The first-order chi connectivity index (χ1) is 27.6. The van der Waals surface area contributed by atoms with Crippen molar-refractivity contribution in [2.75, 3.05) is 0 Å². The molecule has 0 aliphatic rings. The molecule has 3 aromatic heterocycles. The summed E-state index contributed by atoms with van der Waals surface area (Å²) in [4.78, 5) is 4.68. The Morgan fingerprint density at radius 1 is 0.375 bits per heavy atom. The predicted molar refractivity (Wildman–Crippen MR) is 223 cm³/mol. The molecule has 3 heterocycles. The van der Waals surface area contributed by atoms with Crippen molar-refractivity contribution in [3.05, 3.63) is 187 Å². The number of nitrogens with zero attached hydrogens (tertiary/aromatic N) is 6. The number of fused-ring (bicyclic) bond motifs is 6. The summed E-state index contributed by atoms with van der Waals surface area (Å²) in [5.74, 6) is 0. The Labute approximate surface area is 322 Å². The van der Waals surface area contributed by atoms with Crippen molar-refractivity contribution in [2.24, 2.45) is 0 Å². The minimum absolute atomic E-state index is 0.557. The number of para-hydroxylation sites is 2. The van der Waals surface area contributed by atoms with Crippen LogP contribution >= 0.6 is 0 Å². The van der Waals surface area contributed by atoms with Crippen LogP contribution in [-0.2, 0) is 0 Å². The average Bonchev–Trinajstić information content (AvgIpc) is 3.78. The fraction of sp³-hybridized carbons (Fsp3) is 0. The molecule has 0 amide bonds. The summed E-state index contributed by atoms with van der Waals surface area (Å²) in [5, 5.41) is 33.3. The minimum Gasteiger partial charge on any atom is -0.309 e. The quantitative estimate of drug-likeness (QED) is 0.177. The van der Waals surface area contributed by atoms with E-state index in [9.17, 15) is 15.8 Å². The summed E-state index contributed by atoms with van der Waals surface area (Å²) >= 11 is 0. The maximum absolute atomic E-state index is 10.2. The summed E-state index contributed by atoms with van der Waals surface area (Å²) < 4.78 is 4.57. The van der Waals surface area contributed by atoms with Gasteiger partial charge in [-0.15, -0.1) is 0 Å². The van der Waals surface area contributed by atoms with Gasteiger partial charge in [-0.2, -0.15) is 15.8 Å². The van der Waals surface area contributed by atoms with Gasteiger partial charge in [0.15, 0.2) is 0 Å². The minimum atomic E-state index is 0.557. The van der Waals surface area contributed by atoms with Gasteiger partial charge in [-0.25, -0.2) is 0 Å². The highest BCUT2D eigenvalue weighted by Gasteiger charge is 2.21. The van der Waals surface area contributed by atoms with Crippen LogP contribution < -0.4 is 0 Å². The highest BCUT2D eigenvalue weighted by Crippen LogP contribution is 2.42. The van der Waals surface area contributed by atoms with Gasteiger partial charge >= 0.3 is 0 Å². The van der Waals surface area contributed by atoms with Gasteiger partial charge in [0, 0.05) is 45.1 Å². The van der Waals surface area contributed by atoms with Gasteiger partial charge in [0.1, 0.15) is 0 Å². The van der Waals surface area contributed by atoms with Gasteiger partial charge in [0.25, 0.3) is 0 Å². The third-order valence-electron chi connectivity index (χ3n) is 10.7. The molecule has 0 saturated carbocycles. The van der Waals surface area contributed by atoms with E-state index >= 15 is 0 Å². The molecule has 10 rings (SSSR count). The molecular weight excluding hydrogens is 685 g/mol. The van der Waals surface area contributed by atoms with Crippen LogP contribution in [0.4, 0.5) is 0 Å². The van der Waals surface area contributed by atoms with E-state index in [1.165, 1.54) is 0 Å². The van der Waals surface area contributed by atoms with E-state index in [-0.39, 0.29) is 0 Å². The smallest absolute Gasteiger partial charge is 0.0992 e. The molecule has 10 aromatic rings. The van der Waals surface area contributed by atoms with Crippen LogP contribution in [0, 0.1) is 34.0 Å². The van der Waals surface area contributed by atoms with Gasteiger partial charge in [0.2, 0.25) is 0 Å². The largest absolute Gasteiger partial charge is 0.309 e. The van der Waals surface area contributed by atoms with Gasteiger partial charge in [0.05, 0.1) is 68.3 Å².